The molecule has 1 aromatic rings. The van der Waals surface area contributed by atoms with Crippen LogP contribution < -0.4 is 11.1 Å². The molecule has 2 aliphatic rings. The maximum atomic E-state index is 6.00. The minimum Gasteiger partial charge on any atom is -0.370 e. The molecule has 0 bridgehead atoms. The first kappa shape index (κ1) is 15.6. The topological polar surface area (TPSA) is 50.4 Å². The van der Waals surface area contributed by atoms with Crippen molar-refractivity contribution < 1.29 is 0 Å². The van der Waals surface area contributed by atoms with E-state index < -0.39 is 0 Å². The first-order valence-corrected chi connectivity index (χ1v) is 7.31. The van der Waals surface area contributed by atoms with Crippen molar-refractivity contribution in [2.45, 2.75) is 45.6 Å². The number of guanidine groups is 1. The molecule has 2 fully saturated rings. The normalized spacial score (nSPS) is 25.6. The van der Waals surface area contributed by atoms with Crippen LogP contribution in [0.1, 0.15) is 36.8 Å². The number of anilines is 1. The van der Waals surface area contributed by atoms with Crippen molar-refractivity contribution in [3.8, 4) is 0 Å². The first-order valence-electron chi connectivity index (χ1n) is 7.31. The van der Waals surface area contributed by atoms with Gasteiger partial charge in [0.2, 0.25) is 0 Å². The lowest BCUT2D eigenvalue weighted by Gasteiger charge is -2.25. The van der Waals surface area contributed by atoms with Gasteiger partial charge in [-0.05, 0) is 55.4 Å². The van der Waals surface area contributed by atoms with Crippen molar-refractivity contribution >= 4 is 35.6 Å². The van der Waals surface area contributed by atoms with Crippen molar-refractivity contribution in [3.63, 3.8) is 0 Å². The van der Waals surface area contributed by atoms with Crippen molar-refractivity contribution in [2.75, 3.05) is 5.32 Å². The largest absolute Gasteiger partial charge is 0.370 e. The summed E-state index contributed by atoms with van der Waals surface area (Å²) in [4.78, 5) is 4.60. The van der Waals surface area contributed by atoms with Crippen LogP contribution in [0.5, 0.6) is 0 Å². The lowest BCUT2D eigenvalue weighted by atomic mass is 9.81. The summed E-state index contributed by atoms with van der Waals surface area (Å²) in [7, 11) is 0. The highest BCUT2D eigenvalue weighted by molar-refractivity contribution is 14.0. The highest BCUT2D eigenvalue weighted by atomic mass is 127. The van der Waals surface area contributed by atoms with E-state index in [1.165, 1.54) is 36.8 Å². The number of rotatable bonds is 3. The molecule has 0 unspecified atom stereocenters. The molecular formula is C16H24IN3. The van der Waals surface area contributed by atoms with Crippen LogP contribution in [0.25, 0.3) is 0 Å². The van der Waals surface area contributed by atoms with Gasteiger partial charge in [-0.2, -0.15) is 0 Å². The van der Waals surface area contributed by atoms with Crippen LogP contribution in [-0.4, -0.2) is 12.0 Å². The average Bonchev–Trinajstić information content (AvgIpc) is 3.00. The third-order valence-corrected chi connectivity index (χ3v) is 4.64. The minimum absolute atomic E-state index is 0. The van der Waals surface area contributed by atoms with Crippen LogP contribution in [0.4, 0.5) is 5.69 Å². The number of nitrogens with two attached hydrogens (primary N) is 1. The van der Waals surface area contributed by atoms with Crippen LogP contribution in [0, 0.1) is 25.7 Å². The molecule has 0 radical (unpaired) electrons. The zero-order valence-electron chi connectivity index (χ0n) is 12.2. The van der Waals surface area contributed by atoms with Gasteiger partial charge in [0, 0.05) is 5.69 Å². The molecule has 3 N–H and O–H groups in total. The van der Waals surface area contributed by atoms with Crippen LogP contribution >= 0.6 is 24.0 Å². The molecular weight excluding hydrogens is 361 g/mol. The molecule has 3 nitrogen and oxygen atoms in total. The summed E-state index contributed by atoms with van der Waals surface area (Å²) < 4.78 is 0. The fourth-order valence-corrected chi connectivity index (χ4v) is 2.90. The molecule has 3 rings (SSSR count). The average molecular weight is 385 g/mol. The Hall–Kier alpha value is -0.780. The molecule has 0 amide bonds. The van der Waals surface area contributed by atoms with Crippen LogP contribution in [0.3, 0.4) is 0 Å². The van der Waals surface area contributed by atoms with Gasteiger partial charge in [-0.15, -0.1) is 24.0 Å². The lowest BCUT2D eigenvalue weighted by Crippen LogP contribution is -2.24. The molecule has 0 heterocycles. The van der Waals surface area contributed by atoms with Gasteiger partial charge in [-0.25, -0.2) is 4.99 Å². The van der Waals surface area contributed by atoms with Gasteiger partial charge >= 0.3 is 0 Å². The van der Waals surface area contributed by atoms with E-state index in [4.69, 9.17) is 5.73 Å². The smallest absolute Gasteiger partial charge is 0.193 e. The van der Waals surface area contributed by atoms with Crippen LogP contribution in [0.2, 0.25) is 0 Å². The molecule has 2 atom stereocenters. The maximum Gasteiger partial charge on any atom is 0.193 e. The number of halogens is 1. The monoisotopic (exact) mass is 385 g/mol. The molecule has 110 valence electrons. The summed E-state index contributed by atoms with van der Waals surface area (Å²) in [5.41, 5.74) is 9.60. The fourth-order valence-electron chi connectivity index (χ4n) is 2.90. The van der Waals surface area contributed by atoms with E-state index >= 15 is 0 Å². The molecule has 0 aliphatic heterocycles. The van der Waals surface area contributed by atoms with E-state index in [9.17, 15) is 0 Å². The standard InChI is InChI=1S/C16H23N3.HI/c1-10-6-7-13(8-11(10)2)18-16(17)19-15-9-14(15)12-4-3-5-12;/h6-8,12,14-15H,3-5,9H2,1-2H3,(H3,17,18,19);1H/t14-,15+;/m0./s1. The number of benzene rings is 1. The summed E-state index contributed by atoms with van der Waals surface area (Å²) in [5.74, 6) is 2.31. The second-order valence-electron chi connectivity index (χ2n) is 6.10. The molecule has 20 heavy (non-hydrogen) atoms. The number of hydrogen-bond donors (Lipinski definition) is 2. The van der Waals surface area contributed by atoms with Gasteiger partial charge in [0.15, 0.2) is 5.96 Å². The van der Waals surface area contributed by atoms with Gasteiger partial charge < -0.3 is 11.1 Å². The Balaban J connectivity index is 0.00000147. The first-order chi connectivity index (χ1) is 9.13. The Morgan fingerprint density at radius 1 is 1.25 bits per heavy atom. The van der Waals surface area contributed by atoms with Crippen LogP contribution in [0.15, 0.2) is 23.2 Å². The highest BCUT2D eigenvalue weighted by Gasteiger charge is 2.45. The van der Waals surface area contributed by atoms with Gasteiger partial charge in [-0.3, -0.25) is 0 Å². The summed E-state index contributed by atoms with van der Waals surface area (Å²) in [6, 6.07) is 6.76. The molecule has 1 aromatic carbocycles. The van der Waals surface area contributed by atoms with E-state index in [1.54, 1.807) is 0 Å². The Morgan fingerprint density at radius 3 is 2.60 bits per heavy atom. The van der Waals surface area contributed by atoms with Gasteiger partial charge in [0.25, 0.3) is 0 Å². The summed E-state index contributed by atoms with van der Waals surface area (Å²) >= 11 is 0. The lowest BCUT2D eigenvalue weighted by molar-refractivity contribution is 0.274. The summed E-state index contributed by atoms with van der Waals surface area (Å²) in [5, 5.41) is 3.20. The zero-order chi connectivity index (χ0) is 13.4. The quantitative estimate of drug-likeness (QED) is 0.472. The van der Waals surface area contributed by atoms with Gasteiger partial charge in [-0.1, -0.05) is 25.3 Å². The number of nitrogens with zero attached hydrogens (tertiary/aromatic N) is 1. The SMILES string of the molecule is Cc1ccc(NC(N)=N[C@@H]2C[C@H]2C2CCC2)cc1C.I. The maximum absolute atomic E-state index is 6.00. The van der Waals surface area contributed by atoms with E-state index in [2.05, 4.69) is 42.4 Å². The molecule has 0 spiro atoms. The molecule has 2 aliphatic carbocycles. The Labute approximate surface area is 138 Å². The zero-order valence-corrected chi connectivity index (χ0v) is 14.6. The predicted molar refractivity (Wildman–Crippen MR) is 95.8 cm³/mol. The summed E-state index contributed by atoms with van der Waals surface area (Å²) in [6.45, 7) is 4.23. The number of aryl methyl sites for hydroxylation is 2. The fraction of sp³-hybridized carbons (Fsp3) is 0.562. The molecule has 2 saturated carbocycles. The molecule has 4 heteroatoms. The predicted octanol–water partition coefficient (Wildman–Crippen LogP) is 3.84. The van der Waals surface area contributed by atoms with Gasteiger partial charge in [0.05, 0.1) is 6.04 Å². The Kier molecular flexibility index (Phi) is 4.94. The Morgan fingerprint density at radius 2 is 2.00 bits per heavy atom. The number of aliphatic imine (C=N–C) groups is 1. The molecule has 0 aromatic heterocycles. The van der Waals surface area contributed by atoms with E-state index in [0.29, 0.717) is 12.0 Å². The second kappa shape index (κ2) is 6.33. The van der Waals surface area contributed by atoms with Crippen LogP contribution in [-0.2, 0) is 0 Å². The van der Waals surface area contributed by atoms with Crippen molar-refractivity contribution in [1.29, 1.82) is 0 Å². The third-order valence-electron chi connectivity index (χ3n) is 4.64. The highest BCUT2D eigenvalue weighted by Crippen LogP contribution is 2.48. The van der Waals surface area contributed by atoms with Crippen molar-refractivity contribution in [1.82, 2.24) is 0 Å². The second-order valence-corrected chi connectivity index (χ2v) is 6.10. The molecule has 0 saturated heterocycles. The summed E-state index contributed by atoms with van der Waals surface area (Å²) in [6.07, 6.45) is 5.45. The van der Waals surface area contributed by atoms with Crippen molar-refractivity contribution in [2.24, 2.45) is 22.6 Å². The van der Waals surface area contributed by atoms with Crippen molar-refractivity contribution in [3.05, 3.63) is 29.3 Å². The van der Waals surface area contributed by atoms with E-state index in [0.717, 1.165) is 17.5 Å². The Bertz CT molecular complexity index is 508. The number of nitrogens with one attached hydrogen (secondary N) is 1. The number of hydrogen-bond acceptors (Lipinski definition) is 1. The van der Waals surface area contributed by atoms with E-state index in [1.807, 2.05) is 0 Å². The minimum atomic E-state index is 0. The third kappa shape index (κ3) is 3.45. The van der Waals surface area contributed by atoms with Gasteiger partial charge in [0.1, 0.15) is 0 Å². The van der Waals surface area contributed by atoms with E-state index in [-0.39, 0.29) is 24.0 Å².